The van der Waals surface area contributed by atoms with Crippen LogP contribution in [0.2, 0.25) is 0 Å². The van der Waals surface area contributed by atoms with Crippen LogP contribution in [0.1, 0.15) is 37.1 Å². The minimum absolute atomic E-state index is 0.0323. The van der Waals surface area contributed by atoms with E-state index in [4.69, 9.17) is 0 Å². The molecule has 0 radical (unpaired) electrons. The Kier molecular flexibility index (Phi) is 5.07. The van der Waals surface area contributed by atoms with Crippen molar-refractivity contribution in [3.05, 3.63) is 47.3 Å². The van der Waals surface area contributed by atoms with Crippen LogP contribution in [0.15, 0.2) is 30.5 Å². The second-order valence-corrected chi connectivity index (χ2v) is 5.63. The van der Waals surface area contributed by atoms with Crippen LogP contribution in [-0.2, 0) is 6.54 Å². The van der Waals surface area contributed by atoms with Crippen LogP contribution in [-0.4, -0.2) is 16.3 Å². The second kappa shape index (κ2) is 6.80. The highest BCUT2D eigenvalue weighted by Gasteiger charge is 2.20. The van der Waals surface area contributed by atoms with Gasteiger partial charge < -0.3 is 5.32 Å². The van der Waals surface area contributed by atoms with E-state index in [9.17, 15) is 8.78 Å². The summed E-state index contributed by atoms with van der Waals surface area (Å²) in [6.45, 7) is 7.32. The lowest BCUT2D eigenvalue weighted by atomic mass is 10.2. The minimum atomic E-state index is -2.55. The quantitative estimate of drug-likeness (QED) is 0.876. The van der Waals surface area contributed by atoms with Gasteiger partial charge in [0.05, 0.1) is 11.9 Å². The molecule has 0 unspecified atom stereocenters. The van der Waals surface area contributed by atoms with Gasteiger partial charge in [-0.05, 0) is 31.5 Å². The Bertz CT molecular complexity index is 574. The van der Waals surface area contributed by atoms with Gasteiger partial charge in [0.2, 0.25) is 0 Å². The van der Waals surface area contributed by atoms with E-state index in [1.54, 1.807) is 12.1 Å². The first-order valence-electron chi connectivity index (χ1n) is 7.11. The molecule has 0 bridgehead atoms. The van der Waals surface area contributed by atoms with Crippen molar-refractivity contribution in [3.8, 4) is 5.69 Å². The Morgan fingerprint density at radius 3 is 2.43 bits per heavy atom. The van der Waals surface area contributed by atoms with Crippen molar-refractivity contribution in [1.29, 1.82) is 0 Å². The standard InChI is InChI=1S/C16H21F2N3/c1-11(2)8-19-9-13-10-20-21(15(13)16(17)18)14-6-4-12(3)5-7-14/h4-7,10-11,16,19H,8-9H2,1-3H3. The average Bonchev–Trinajstić information content (AvgIpc) is 2.83. The summed E-state index contributed by atoms with van der Waals surface area (Å²) >= 11 is 0. The lowest BCUT2D eigenvalue weighted by Gasteiger charge is -2.10. The predicted molar refractivity (Wildman–Crippen MR) is 79.8 cm³/mol. The Hall–Kier alpha value is -1.75. The molecule has 1 N–H and O–H groups in total. The molecule has 0 aliphatic rings. The van der Waals surface area contributed by atoms with Crippen LogP contribution in [0.5, 0.6) is 0 Å². The highest BCUT2D eigenvalue weighted by Crippen LogP contribution is 2.25. The Morgan fingerprint density at radius 2 is 1.86 bits per heavy atom. The number of aromatic nitrogens is 2. The summed E-state index contributed by atoms with van der Waals surface area (Å²) in [5.41, 5.74) is 2.26. The molecule has 2 rings (SSSR count). The van der Waals surface area contributed by atoms with Crippen LogP contribution in [0.4, 0.5) is 8.78 Å². The number of halogens is 2. The summed E-state index contributed by atoms with van der Waals surface area (Å²) in [4.78, 5) is 0. The maximum absolute atomic E-state index is 13.4. The molecule has 0 fully saturated rings. The van der Waals surface area contributed by atoms with Gasteiger partial charge in [-0.25, -0.2) is 13.5 Å². The molecular weight excluding hydrogens is 272 g/mol. The minimum Gasteiger partial charge on any atom is -0.312 e. The molecule has 0 amide bonds. The number of aryl methyl sites for hydroxylation is 1. The molecule has 114 valence electrons. The molecule has 0 aliphatic heterocycles. The van der Waals surface area contributed by atoms with Gasteiger partial charge in [-0.3, -0.25) is 0 Å². The lowest BCUT2D eigenvalue weighted by Crippen LogP contribution is -2.19. The third-order valence-electron chi connectivity index (χ3n) is 3.24. The maximum atomic E-state index is 13.4. The van der Waals surface area contributed by atoms with E-state index in [2.05, 4.69) is 24.3 Å². The van der Waals surface area contributed by atoms with Crippen molar-refractivity contribution in [2.24, 2.45) is 5.92 Å². The SMILES string of the molecule is Cc1ccc(-n2ncc(CNCC(C)C)c2C(F)F)cc1. The Balaban J connectivity index is 2.26. The van der Waals surface area contributed by atoms with Crippen molar-refractivity contribution in [3.63, 3.8) is 0 Å². The van der Waals surface area contributed by atoms with E-state index in [-0.39, 0.29) is 5.69 Å². The van der Waals surface area contributed by atoms with Crippen LogP contribution >= 0.6 is 0 Å². The van der Waals surface area contributed by atoms with E-state index >= 15 is 0 Å². The van der Waals surface area contributed by atoms with Crippen molar-refractivity contribution in [1.82, 2.24) is 15.1 Å². The van der Waals surface area contributed by atoms with Crippen LogP contribution in [0.3, 0.4) is 0 Å². The van der Waals surface area contributed by atoms with Gasteiger partial charge in [-0.15, -0.1) is 0 Å². The van der Waals surface area contributed by atoms with Crippen molar-refractivity contribution >= 4 is 0 Å². The van der Waals surface area contributed by atoms with E-state index in [1.807, 2.05) is 19.1 Å². The normalized spacial score (nSPS) is 11.6. The first kappa shape index (κ1) is 15.6. The maximum Gasteiger partial charge on any atom is 0.280 e. The highest BCUT2D eigenvalue weighted by molar-refractivity contribution is 5.37. The molecule has 0 saturated heterocycles. The molecule has 3 nitrogen and oxygen atoms in total. The van der Waals surface area contributed by atoms with Gasteiger partial charge in [-0.2, -0.15) is 5.10 Å². The lowest BCUT2D eigenvalue weighted by molar-refractivity contribution is 0.141. The molecule has 1 aromatic heterocycles. The molecule has 5 heteroatoms. The van der Waals surface area contributed by atoms with Crippen molar-refractivity contribution in [2.45, 2.75) is 33.7 Å². The van der Waals surface area contributed by atoms with E-state index in [0.717, 1.165) is 12.1 Å². The van der Waals surface area contributed by atoms with Gasteiger partial charge in [0, 0.05) is 12.1 Å². The van der Waals surface area contributed by atoms with Gasteiger partial charge in [0.15, 0.2) is 0 Å². The number of hydrogen-bond donors (Lipinski definition) is 1. The largest absolute Gasteiger partial charge is 0.312 e. The molecule has 0 saturated carbocycles. The monoisotopic (exact) mass is 293 g/mol. The summed E-state index contributed by atoms with van der Waals surface area (Å²) in [5, 5.41) is 7.32. The molecule has 1 aromatic carbocycles. The summed E-state index contributed by atoms with van der Waals surface area (Å²) in [7, 11) is 0. The third-order valence-corrected chi connectivity index (χ3v) is 3.24. The summed E-state index contributed by atoms with van der Waals surface area (Å²) in [5.74, 6) is 0.479. The summed E-state index contributed by atoms with van der Waals surface area (Å²) in [6.07, 6.45) is -1.03. The Morgan fingerprint density at radius 1 is 1.19 bits per heavy atom. The van der Waals surface area contributed by atoms with Crippen LogP contribution in [0.25, 0.3) is 5.69 Å². The molecule has 0 spiro atoms. The number of rotatable bonds is 6. The molecule has 0 atom stereocenters. The number of hydrogen-bond acceptors (Lipinski definition) is 2. The van der Waals surface area contributed by atoms with E-state index in [0.29, 0.717) is 23.7 Å². The summed E-state index contributed by atoms with van der Waals surface area (Å²) in [6, 6.07) is 7.39. The smallest absolute Gasteiger partial charge is 0.280 e. The fraction of sp³-hybridized carbons (Fsp3) is 0.438. The number of nitrogens with zero attached hydrogens (tertiary/aromatic N) is 2. The van der Waals surface area contributed by atoms with Gasteiger partial charge in [-0.1, -0.05) is 31.5 Å². The van der Waals surface area contributed by atoms with Gasteiger partial charge in [0.1, 0.15) is 5.69 Å². The average molecular weight is 293 g/mol. The zero-order chi connectivity index (χ0) is 15.4. The zero-order valence-electron chi connectivity index (χ0n) is 12.6. The zero-order valence-corrected chi connectivity index (χ0v) is 12.6. The third kappa shape index (κ3) is 3.88. The number of alkyl halides is 2. The highest BCUT2D eigenvalue weighted by atomic mass is 19.3. The fourth-order valence-corrected chi connectivity index (χ4v) is 2.15. The molecule has 0 aliphatic carbocycles. The first-order valence-corrected chi connectivity index (χ1v) is 7.11. The van der Waals surface area contributed by atoms with Gasteiger partial charge >= 0.3 is 0 Å². The van der Waals surface area contributed by atoms with Crippen molar-refractivity contribution in [2.75, 3.05) is 6.54 Å². The molecule has 21 heavy (non-hydrogen) atoms. The number of benzene rings is 1. The number of nitrogens with one attached hydrogen (secondary N) is 1. The van der Waals surface area contributed by atoms with E-state index in [1.165, 1.54) is 10.9 Å². The fourth-order valence-electron chi connectivity index (χ4n) is 2.15. The van der Waals surface area contributed by atoms with Crippen molar-refractivity contribution < 1.29 is 8.78 Å². The topological polar surface area (TPSA) is 29.9 Å². The van der Waals surface area contributed by atoms with Crippen LogP contribution in [0, 0.1) is 12.8 Å². The second-order valence-electron chi connectivity index (χ2n) is 5.63. The predicted octanol–water partition coefficient (Wildman–Crippen LogP) is 3.86. The summed E-state index contributed by atoms with van der Waals surface area (Å²) < 4.78 is 28.1. The van der Waals surface area contributed by atoms with Gasteiger partial charge in [0.25, 0.3) is 6.43 Å². The Labute approximate surface area is 124 Å². The molecule has 2 aromatic rings. The van der Waals surface area contributed by atoms with Crippen LogP contribution < -0.4 is 5.32 Å². The first-order chi connectivity index (χ1) is 9.99. The molecular formula is C16H21F2N3. The molecule has 1 heterocycles. The van der Waals surface area contributed by atoms with E-state index < -0.39 is 6.43 Å².